The summed E-state index contributed by atoms with van der Waals surface area (Å²) >= 11 is 5.99. The molecule has 5 rings (SSSR count). The van der Waals surface area contributed by atoms with E-state index in [1.165, 1.54) is 23.2 Å². The van der Waals surface area contributed by atoms with E-state index in [1.807, 2.05) is 29.5 Å². The molecular weight excluding hydrogens is 582 g/mol. The lowest BCUT2D eigenvalue weighted by Gasteiger charge is -2.41. The third kappa shape index (κ3) is 5.56. The van der Waals surface area contributed by atoms with Crippen molar-refractivity contribution in [3.05, 3.63) is 69.3 Å². The molecule has 2 amide bonds. The summed E-state index contributed by atoms with van der Waals surface area (Å²) in [5.41, 5.74) is 3.51. The van der Waals surface area contributed by atoms with Crippen LogP contribution in [0.3, 0.4) is 0 Å². The van der Waals surface area contributed by atoms with E-state index >= 15 is 0 Å². The van der Waals surface area contributed by atoms with Crippen LogP contribution in [0.25, 0.3) is 0 Å². The summed E-state index contributed by atoms with van der Waals surface area (Å²) in [5, 5.41) is 10.4. The van der Waals surface area contributed by atoms with Gasteiger partial charge in [-0.2, -0.15) is 13.9 Å². The number of nitrogens with one attached hydrogen (secondary N) is 3. The van der Waals surface area contributed by atoms with Gasteiger partial charge < -0.3 is 15.5 Å². The average molecular weight is 609 g/mol. The number of aromatic nitrogens is 3. The smallest absolute Gasteiger partial charge is 0.333 e. The van der Waals surface area contributed by atoms with Gasteiger partial charge in [0.05, 0.1) is 41.1 Å². The lowest BCUT2D eigenvalue weighted by Crippen LogP contribution is -2.55. The zero-order valence-electron chi connectivity index (χ0n) is 22.4. The van der Waals surface area contributed by atoms with Gasteiger partial charge in [0.1, 0.15) is 5.15 Å². The third-order valence-corrected chi connectivity index (χ3v) is 7.71. The van der Waals surface area contributed by atoms with Crippen LogP contribution in [-0.4, -0.2) is 64.4 Å². The number of halogens is 3. The maximum atomic E-state index is 13.5. The molecule has 0 saturated carbocycles. The summed E-state index contributed by atoms with van der Waals surface area (Å²) in [6.45, 7) is 1.36. The summed E-state index contributed by atoms with van der Waals surface area (Å²) in [7, 11) is -2.22. The van der Waals surface area contributed by atoms with Gasteiger partial charge in [-0.1, -0.05) is 17.7 Å². The quantitative estimate of drug-likeness (QED) is 0.345. The summed E-state index contributed by atoms with van der Waals surface area (Å²) in [6, 6.07) is 6.09. The second kappa shape index (κ2) is 10.5. The van der Waals surface area contributed by atoms with Crippen LogP contribution in [-0.2, 0) is 23.1 Å². The van der Waals surface area contributed by atoms with Gasteiger partial charge >= 0.3 is 6.55 Å². The van der Waals surface area contributed by atoms with E-state index in [2.05, 4.69) is 20.7 Å². The molecule has 0 spiro atoms. The molecule has 41 heavy (non-hydrogen) atoms. The van der Waals surface area contributed by atoms with Crippen molar-refractivity contribution in [3.63, 3.8) is 0 Å². The predicted molar refractivity (Wildman–Crippen MR) is 147 cm³/mol. The van der Waals surface area contributed by atoms with Crippen molar-refractivity contribution >= 4 is 44.8 Å². The second-order valence-electron chi connectivity index (χ2n) is 10.1. The fraction of sp³-hybridized carbons (Fsp3) is 0.360. The highest BCUT2D eigenvalue weighted by atomic mass is 35.5. The van der Waals surface area contributed by atoms with Crippen molar-refractivity contribution in [2.45, 2.75) is 45.8 Å². The predicted octanol–water partition coefficient (Wildman–Crippen LogP) is 3.29. The molecule has 0 aliphatic carbocycles. The molecular formula is C25H27ClF2N8O4S. The molecule has 0 saturated heterocycles. The number of nitrogens with zero attached hydrogens (tertiary/aromatic N) is 5. The van der Waals surface area contributed by atoms with Crippen LogP contribution in [0, 0.1) is 6.92 Å². The van der Waals surface area contributed by atoms with Crippen LogP contribution in [0.15, 0.2) is 30.5 Å². The monoisotopic (exact) mass is 608 g/mol. The van der Waals surface area contributed by atoms with Crippen LogP contribution in [0.2, 0.25) is 5.15 Å². The number of alkyl halides is 2. The van der Waals surface area contributed by atoms with E-state index in [0.29, 0.717) is 39.3 Å². The largest absolute Gasteiger partial charge is 0.377 e. The SMILES string of the molecule is Cc1cc2c(c([C@@H](C)Nc3ccc(Cl)nc3C(=O)NS(C)(=O)=O)c1)NC(N1Cc3cnn(C(F)F)c3C1)N(C)C2=O. The Bertz CT molecular complexity index is 1670. The van der Waals surface area contributed by atoms with Crippen molar-refractivity contribution in [1.82, 2.24) is 29.3 Å². The minimum absolute atomic E-state index is 0.00509. The number of pyridine rings is 1. The van der Waals surface area contributed by atoms with Crippen LogP contribution >= 0.6 is 11.6 Å². The number of anilines is 2. The molecule has 0 fully saturated rings. The Morgan fingerprint density at radius 3 is 2.66 bits per heavy atom. The van der Waals surface area contributed by atoms with Gasteiger partial charge in [-0.3, -0.25) is 14.5 Å². The number of hydrogen-bond acceptors (Lipinski definition) is 9. The normalized spacial score (nSPS) is 17.7. The van der Waals surface area contributed by atoms with Crippen molar-refractivity contribution in [2.75, 3.05) is 23.9 Å². The fourth-order valence-corrected chi connectivity index (χ4v) is 5.72. The topological polar surface area (TPSA) is 142 Å². The minimum Gasteiger partial charge on any atom is -0.377 e. The molecule has 3 N–H and O–H groups in total. The number of fused-ring (bicyclic) bond motifs is 2. The Kier molecular flexibility index (Phi) is 7.38. The van der Waals surface area contributed by atoms with Crippen molar-refractivity contribution in [3.8, 4) is 0 Å². The van der Waals surface area contributed by atoms with Gasteiger partial charge in [-0.05, 0) is 43.2 Å². The van der Waals surface area contributed by atoms with Gasteiger partial charge in [0.25, 0.3) is 11.8 Å². The van der Waals surface area contributed by atoms with Crippen LogP contribution in [0.5, 0.6) is 0 Å². The van der Waals surface area contributed by atoms with Crippen molar-refractivity contribution in [2.24, 2.45) is 0 Å². The van der Waals surface area contributed by atoms with Crippen LogP contribution < -0.4 is 15.4 Å². The standard InChI is InChI=1S/C25H27ClF2N8O4S/c1-12-7-15(13(2)30-17-5-6-19(26)31-21(17)22(37)33-41(4,39)40)20-16(8-12)23(38)34(3)25(32-20)35-10-14-9-29-36(24(27)28)18(14)11-35/h5-9,13,24-25,30,32H,10-11H2,1-4H3,(H,33,37)/t13-,25?/m1/s1. The highest BCUT2D eigenvalue weighted by Gasteiger charge is 2.39. The minimum atomic E-state index is -3.86. The maximum absolute atomic E-state index is 13.5. The second-order valence-corrected chi connectivity index (χ2v) is 12.2. The van der Waals surface area contributed by atoms with E-state index in [-0.39, 0.29) is 29.0 Å². The summed E-state index contributed by atoms with van der Waals surface area (Å²) in [4.78, 5) is 33.6. The Labute approximate surface area is 239 Å². The first kappa shape index (κ1) is 28.7. The number of sulfonamides is 1. The summed E-state index contributed by atoms with van der Waals surface area (Å²) < 4.78 is 52.7. The lowest BCUT2D eigenvalue weighted by atomic mass is 9.96. The molecule has 16 heteroatoms. The van der Waals surface area contributed by atoms with Crippen LogP contribution in [0.4, 0.5) is 20.2 Å². The number of rotatable bonds is 7. The Hall–Kier alpha value is -3.82. The number of benzene rings is 1. The highest BCUT2D eigenvalue weighted by Crippen LogP contribution is 2.37. The zero-order valence-corrected chi connectivity index (χ0v) is 24.0. The summed E-state index contributed by atoms with van der Waals surface area (Å²) in [5.74, 6) is -1.21. The van der Waals surface area contributed by atoms with E-state index in [0.717, 1.165) is 11.8 Å². The highest BCUT2D eigenvalue weighted by molar-refractivity contribution is 7.89. The maximum Gasteiger partial charge on any atom is 0.333 e. The Morgan fingerprint density at radius 1 is 1.24 bits per heavy atom. The molecule has 2 atom stereocenters. The van der Waals surface area contributed by atoms with Gasteiger partial charge in [0.15, 0.2) is 12.0 Å². The van der Waals surface area contributed by atoms with E-state index < -0.39 is 34.8 Å². The Balaban J connectivity index is 1.46. The zero-order chi connectivity index (χ0) is 29.8. The first-order chi connectivity index (χ1) is 19.2. The Morgan fingerprint density at radius 2 is 1.98 bits per heavy atom. The van der Waals surface area contributed by atoms with Crippen molar-refractivity contribution in [1.29, 1.82) is 0 Å². The number of carbonyl (C=O) groups excluding carboxylic acids is 2. The van der Waals surface area contributed by atoms with Crippen LogP contribution in [0.1, 0.15) is 62.7 Å². The molecule has 2 aromatic heterocycles. The third-order valence-electron chi connectivity index (χ3n) is 6.94. The van der Waals surface area contributed by atoms with Gasteiger partial charge in [0, 0.05) is 25.7 Å². The first-order valence-corrected chi connectivity index (χ1v) is 14.7. The molecule has 2 aliphatic rings. The van der Waals surface area contributed by atoms with Gasteiger partial charge in [-0.15, -0.1) is 0 Å². The fourth-order valence-electron chi connectivity index (χ4n) is 5.14. The van der Waals surface area contributed by atoms with Gasteiger partial charge in [0.2, 0.25) is 10.0 Å². The number of amides is 2. The number of carbonyl (C=O) groups is 2. The van der Waals surface area contributed by atoms with E-state index in [1.54, 1.807) is 13.1 Å². The summed E-state index contributed by atoms with van der Waals surface area (Å²) in [6.07, 6.45) is 1.62. The van der Waals surface area contributed by atoms with Crippen molar-refractivity contribution < 1.29 is 26.8 Å². The van der Waals surface area contributed by atoms with E-state index in [4.69, 9.17) is 11.6 Å². The molecule has 12 nitrogen and oxygen atoms in total. The molecule has 4 heterocycles. The average Bonchev–Trinajstić information content (AvgIpc) is 3.47. The molecule has 218 valence electrons. The van der Waals surface area contributed by atoms with Gasteiger partial charge in [-0.25, -0.2) is 22.8 Å². The number of hydrogen-bond donors (Lipinski definition) is 3. The molecule has 1 unspecified atom stereocenters. The number of aryl methyl sites for hydroxylation is 1. The molecule has 0 bridgehead atoms. The first-order valence-electron chi connectivity index (χ1n) is 12.4. The molecule has 0 radical (unpaired) electrons. The molecule has 3 aromatic rings. The lowest BCUT2D eigenvalue weighted by molar-refractivity contribution is 0.0370. The molecule has 2 aliphatic heterocycles. The molecule has 1 aromatic carbocycles. The van der Waals surface area contributed by atoms with E-state index in [9.17, 15) is 26.8 Å².